The lowest BCUT2D eigenvalue weighted by Crippen LogP contribution is -2.36. The molecule has 21 heavy (non-hydrogen) atoms. The van der Waals surface area contributed by atoms with Crippen LogP contribution in [-0.4, -0.2) is 17.0 Å². The molecule has 0 spiro atoms. The zero-order valence-electron chi connectivity index (χ0n) is 10.9. The maximum absolute atomic E-state index is 12.4. The van der Waals surface area contributed by atoms with Crippen LogP contribution < -0.4 is 5.32 Å². The third-order valence-corrected chi connectivity index (χ3v) is 4.97. The van der Waals surface area contributed by atoms with Gasteiger partial charge in [0.1, 0.15) is 0 Å². The van der Waals surface area contributed by atoms with Gasteiger partial charge < -0.3 is 10.4 Å². The van der Waals surface area contributed by atoms with Gasteiger partial charge >= 0.3 is 5.97 Å². The Bertz CT molecular complexity index is 644. The summed E-state index contributed by atoms with van der Waals surface area (Å²) in [5, 5.41) is 12.8. The average molecular weight is 326 g/mol. The molecular formula is C15H13Cl2NO3. The molecule has 110 valence electrons. The lowest BCUT2D eigenvalue weighted by molar-refractivity contribution is -0.146. The van der Waals surface area contributed by atoms with E-state index in [-0.39, 0.29) is 17.7 Å². The Morgan fingerprint density at radius 1 is 1.10 bits per heavy atom. The highest BCUT2D eigenvalue weighted by Gasteiger charge is 2.51. The molecule has 0 saturated heterocycles. The number of benzene rings is 1. The fourth-order valence-corrected chi connectivity index (χ4v) is 3.61. The molecular weight excluding hydrogens is 313 g/mol. The number of allylic oxidation sites excluding steroid dienone is 2. The number of carboxylic acid groups (broad SMARTS) is 1. The van der Waals surface area contributed by atoms with E-state index in [1.54, 1.807) is 18.2 Å². The van der Waals surface area contributed by atoms with Crippen molar-refractivity contribution in [1.29, 1.82) is 0 Å². The van der Waals surface area contributed by atoms with E-state index in [0.717, 1.165) is 6.42 Å². The van der Waals surface area contributed by atoms with E-state index >= 15 is 0 Å². The van der Waals surface area contributed by atoms with Gasteiger partial charge in [-0.15, -0.1) is 0 Å². The molecule has 1 fully saturated rings. The number of nitrogens with one attached hydrogen (secondary N) is 1. The number of hydrogen-bond acceptors (Lipinski definition) is 2. The second kappa shape index (κ2) is 5.35. The summed E-state index contributed by atoms with van der Waals surface area (Å²) < 4.78 is 0. The maximum Gasteiger partial charge on any atom is 0.307 e. The van der Waals surface area contributed by atoms with Gasteiger partial charge in [0, 0.05) is 5.69 Å². The van der Waals surface area contributed by atoms with Gasteiger partial charge in [0.25, 0.3) is 0 Å². The highest BCUT2D eigenvalue weighted by Crippen LogP contribution is 2.48. The summed E-state index contributed by atoms with van der Waals surface area (Å²) in [5.41, 5.74) is 0.519. The van der Waals surface area contributed by atoms with Crippen molar-refractivity contribution in [2.75, 3.05) is 5.32 Å². The van der Waals surface area contributed by atoms with Crippen LogP contribution in [0, 0.1) is 23.7 Å². The SMILES string of the molecule is O=C(Nc1ccc(Cl)c(Cl)c1)[C@@H]1[C@@H](C(=O)O)[C@H]2C=C[C@@H]1C2. The van der Waals surface area contributed by atoms with Crippen molar-refractivity contribution in [3.8, 4) is 0 Å². The first-order valence-corrected chi connectivity index (χ1v) is 7.40. The molecule has 0 heterocycles. The molecule has 4 nitrogen and oxygen atoms in total. The number of anilines is 1. The molecule has 2 aliphatic rings. The molecule has 6 heteroatoms. The van der Waals surface area contributed by atoms with Gasteiger partial charge in [-0.3, -0.25) is 9.59 Å². The fraction of sp³-hybridized carbons (Fsp3) is 0.333. The van der Waals surface area contributed by atoms with E-state index in [0.29, 0.717) is 15.7 Å². The third-order valence-electron chi connectivity index (χ3n) is 4.23. The minimum absolute atomic E-state index is 0.00104. The Labute approximate surface area is 131 Å². The molecule has 0 unspecified atom stereocenters. The topological polar surface area (TPSA) is 66.4 Å². The first kappa shape index (κ1) is 14.4. The van der Waals surface area contributed by atoms with Gasteiger partial charge in [-0.25, -0.2) is 0 Å². The van der Waals surface area contributed by atoms with Crippen LogP contribution in [0.25, 0.3) is 0 Å². The Hall–Kier alpha value is -1.52. The van der Waals surface area contributed by atoms with Crippen LogP contribution in [-0.2, 0) is 9.59 Å². The average Bonchev–Trinajstić information content (AvgIpc) is 3.03. The third kappa shape index (κ3) is 2.54. The first-order valence-electron chi connectivity index (χ1n) is 6.64. The van der Waals surface area contributed by atoms with E-state index < -0.39 is 17.8 Å². The molecule has 0 aromatic heterocycles. The molecule has 3 rings (SSSR count). The lowest BCUT2D eigenvalue weighted by atomic mass is 9.82. The Kier molecular flexibility index (Phi) is 3.68. The molecule has 1 aromatic carbocycles. The predicted molar refractivity (Wildman–Crippen MR) is 80.4 cm³/mol. The number of aliphatic carboxylic acids is 1. The molecule has 1 aromatic rings. The van der Waals surface area contributed by atoms with Gasteiger partial charge in [-0.2, -0.15) is 0 Å². The van der Waals surface area contributed by atoms with E-state index in [4.69, 9.17) is 23.2 Å². The van der Waals surface area contributed by atoms with E-state index in [9.17, 15) is 14.7 Å². The second-order valence-electron chi connectivity index (χ2n) is 5.46. The van der Waals surface area contributed by atoms with Gasteiger partial charge in [0.15, 0.2) is 0 Å². The van der Waals surface area contributed by atoms with Crippen LogP contribution in [0.4, 0.5) is 5.69 Å². The van der Waals surface area contributed by atoms with Crippen molar-refractivity contribution in [1.82, 2.24) is 0 Å². The second-order valence-corrected chi connectivity index (χ2v) is 6.27. The minimum Gasteiger partial charge on any atom is -0.481 e. The molecule has 0 aliphatic heterocycles. The van der Waals surface area contributed by atoms with E-state index in [1.165, 1.54) is 0 Å². The van der Waals surface area contributed by atoms with Crippen molar-refractivity contribution in [3.05, 3.63) is 40.4 Å². The first-order chi connectivity index (χ1) is 9.97. The quantitative estimate of drug-likeness (QED) is 0.836. The van der Waals surface area contributed by atoms with Crippen LogP contribution in [0.15, 0.2) is 30.4 Å². The molecule has 2 bridgehead atoms. The number of amides is 1. The highest BCUT2D eigenvalue weighted by atomic mass is 35.5. The molecule has 2 N–H and O–H groups in total. The normalized spacial score (nSPS) is 29.6. The van der Waals surface area contributed by atoms with Crippen LogP contribution in [0.1, 0.15) is 6.42 Å². The summed E-state index contributed by atoms with van der Waals surface area (Å²) in [4.78, 5) is 23.8. The number of rotatable bonds is 3. The van der Waals surface area contributed by atoms with Crippen LogP contribution >= 0.6 is 23.2 Å². The fourth-order valence-electron chi connectivity index (χ4n) is 3.32. The van der Waals surface area contributed by atoms with E-state index in [2.05, 4.69) is 5.32 Å². The summed E-state index contributed by atoms with van der Waals surface area (Å²) in [7, 11) is 0. The zero-order valence-corrected chi connectivity index (χ0v) is 12.4. The number of carbonyl (C=O) groups excluding carboxylic acids is 1. The molecule has 2 aliphatic carbocycles. The van der Waals surface area contributed by atoms with Crippen LogP contribution in [0.2, 0.25) is 10.0 Å². The van der Waals surface area contributed by atoms with Gasteiger partial charge in [0.05, 0.1) is 21.9 Å². The Balaban J connectivity index is 1.80. The summed E-state index contributed by atoms with van der Waals surface area (Å²) in [6.45, 7) is 0. The van der Waals surface area contributed by atoms with E-state index in [1.807, 2.05) is 12.2 Å². The number of hydrogen-bond donors (Lipinski definition) is 2. The van der Waals surface area contributed by atoms with Gasteiger partial charge in [-0.05, 0) is 36.5 Å². The zero-order chi connectivity index (χ0) is 15.1. The van der Waals surface area contributed by atoms with Crippen molar-refractivity contribution >= 4 is 40.8 Å². The summed E-state index contributed by atoms with van der Waals surface area (Å²) in [6.07, 6.45) is 4.59. The van der Waals surface area contributed by atoms with Crippen molar-refractivity contribution < 1.29 is 14.7 Å². The Morgan fingerprint density at radius 2 is 1.76 bits per heavy atom. The molecule has 1 saturated carbocycles. The minimum atomic E-state index is -0.916. The summed E-state index contributed by atoms with van der Waals surface area (Å²) in [6, 6.07) is 4.79. The van der Waals surface area contributed by atoms with Crippen LogP contribution in [0.3, 0.4) is 0 Å². The molecule has 1 amide bonds. The number of halogens is 2. The van der Waals surface area contributed by atoms with Gasteiger partial charge in [-0.1, -0.05) is 35.4 Å². The highest BCUT2D eigenvalue weighted by molar-refractivity contribution is 6.42. The molecule has 0 radical (unpaired) electrons. The van der Waals surface area contributed by atoms with Crippen molar-refractivity contribution in [3.63, 3.8) is 0 Å². The lowest BCUT2D eigenvalue weighted by Gasteiger charge is -2.23. The van der Waals surface area contributed by atoms with Gasteiger partial charge in [0.2, 0.25) is 5.91 Å². The van der Waals surface area contributed by atoms with Crippen LogP contribution in [0.5, 0.6) is 0 Å². The summed E-state index contributed by atoms with van der Waals surface area (Å²) in [5.74, 6) is -2.43. The van der Waals surface area contributed by atoms with Crippen molar-refractivity contribution in [2.24, 2.45) is 23.7 Å². The monoisotopic (exact) mass is 325 g/mol. The summed E-state index contributed by atoms with van der Waals surface area (Å²) >= 11 is 11.7. The predicted octanol–water partition coefficient (Wildman–Crippen LogP) is 3.45. The number of carbonyl (C=O) groups is 2. The molecule has 4 atom stereocenters. The standard InChI is InChI=1S/C15H13Cl2NO3/c16-10-4-3-9(6-11(10)17)18-14(19)12-7-1-2-8(5-7)13(12)15(20)21/h1-4,6-8,12-13H,5H2,(H,18,19)(H,20,21)/t7-,8+,12+,13+/m1/s1. The maximum atomic E-state index is 12.4. The largest absolute Gasteiger partial charge is 0.481 e. The Morgan fingerprint density at radius 3 is 2.38 bits per heavy atom. The number of carboxylic acids is 1. The smallest absolute Gasteiger partial charge is 0.307 e. The number of fused-ring (bicyclic) bond motifs is 2. The van der Waals surface area contributed by atoms with Crippen molar-refractivity contribution in [2.45, 2.75) is 6.42 Å².